The first-order valence-corrected chi connectivity index (χ1v) is 6.56. The molecule has 0 aliphatic heterocycles. The fourth-order valence-corrected chi connectivity index (χ4v) is 2.64. The van der Waals surface area contributed by atoms with Gasteiger partial charge in [0.1, 0.15) is 0 Å². The summed E-state index contributed by atoms with van der Waals surface area (Å²) in [4.78, 5) is 14.6. The number of carbonyl (C=O) groups excluding carboxylic acids is 1. The van der Waals surface area contributed by atoms with Gasteiger partial charge in [0.2, 0.25) is 0 Å². The summed E-state index contributed by atoms with van der Waals surface area (Å²) in [6, 6.07) is 12.0. The van der Waals surface area contributed by atoms with Gasteiger partial charge in [-0.15, -0.1) is 0 Å². The van der Waals surface area contributed by atoms with E-state index in [9.17, 15) is 4.79 Å². The van der Waals surface area contributed by atoms with Crippen molar-refractivity contribution in [2.24, 2.45) is 5.73 Å². The van der Waals surface area contributed by atoms with Crippen LogP contribution in [0.4, 0.5) is 0 Å². The molecule has 0 aliphatic rings. The van der Waals surface area contributed by atoms with Crippen molar-refractivity contribution >= 4 is 16.8 Å². The van der Waals surface area contributed by atoms with Crippen molar-refractivity contribution in [2.75, 3.05) is 0 Å². The Balaban J connectivity index is 2.33. The average molecular weight is 264 g/mol. The number of H-pyrrole nitrogens is 1. The molecule has 0 unspecified atom stereocenters. The minimum Gasteiger partial charge on any atom is -0.366 e. The van der Waals surface area contributed by atoms with Gasteiger partial charge in [-0.05, 0) is 48.2 Å². The molecule has 0 bridgehead atoms. The van der Waals surface area contributed by atoms with E-state index in [0.717, 1.165) is 16.5 Å². The molecule has 0 radical (unpaired) electrons. The molecule has 0 fully saturated rings. The number of hydrogen-bond donors (Lipinski definition) is 2. The van der Waals surface area contributed by atoms with Crippen molar-refractivity contribution in [1.82, 2.24) is 4.98 Å². The molecule has 3 aromatic rings. The smallest absolute Gasteiger partial charge is 0.250 e. The lowest BCUT2D eigenvalue weighted by atomic mass is 9.93. The van der Waals surface area contributed by atoms with Gasteiger partial charge < -0.3 is 10.7 Å². The van der Waals surface area contributed by atoms with Gasteiger partial charge >= 0.3 is 0 Å². The summed E-state index contributed by atoms with van der Waals surface area (Å²) in [7, 11) is 0. The maximum absolute atomic E-state index is 11.5. The van der Waals surface area contributed by atoms with Crippen LogP contribution in [0.1, 0.15) is 21.5 Å². The number of nitrogens with two attached hydrogens (primary N) is 1. The van der Waals surface area contributed by atoms with E-state index in [1.807, 2.05) is 18.3 Å². The van der Waals surface area contributed by atoms with E-state index < -0.39 is 5.91 Å². The number of primary amides is 1. The Labute approximate surface area is 117 Å². The lowest BCUT2D eigenvalue weighted by Gasteiger charge is -2.11. The molecule has 100 valence electrons. The van der Waals surface area contributed by atoms with Crippen LogP contribution in [0.2, 0.25) is 0 Å². The standard InChI is InChI=1S/C17H16N2O/c1-10-4-3-5-12(11(10)2)13-6-7-15(17(18)20)16-14(13)8-9-19-16/h3-9,19H,1-2H3,(H2,18,20). The molecule has 2 aromatic carbocycles. The van der Waals surface area contributed by atoms with Crippen molar-refractivity contribution < 1.29 is 4.79 Å². The highest BCUT2D eigenvalue weighted by Crippen LogP contribution is 2.33. The zero-order chi connectivity index (χ0) is 14.3. The van der Waals surface area contributed by atoms with Crippen LogP contribution in [0.3, 0.4) is 0 Å². The minimum atomic E-state index is -0.412. The van der Waals surface area contributed by atoms with Crippen LogP contribution >= 0.6 is 0 Å². The van der Waals surface area contributed by atoms with E-state index in [-0.39, 0.29) is 0 Å². The predicted molar refractivity (Wildman–Crippen MR) is 81.7 cm³/mol. The van der Waals surface area contributed by atoms with Crippen LogP contribution in [0.25, 0.3) is 22.0 Å². The number of aryl methyl sites for hydroxylation is 1. The molecule has 0 atom stereocenters. The Hall–Kier alpha value is -2.55. The molecule has 3 rings (SSSR count). The van der Waals surface area contributed by atoms with E-state index >= 15 is 0 Å². The molecule has 1 heterocycles. The summed E-state index contributed by atoms with van der Waals surface area (Å²) in [5, 5.41) is 1.02. The van der Waals surface area contributed by atoms with Crippen LogP contribution in [0, 0.1) is 13.8 Å². The van der Waals surface area contributed by atoms with Gasteiger partial charge in [0.15, 0.2) is 0 Å². The number of aromatic amines is 1. The monoisotopic (exact) mass is 264 g/mol. The number of rotatable bonds is 2. The van der Waals surface area contributed by atoms with Crippen LogP contribution in [0.15, 0.2) is 42.6 Å². The zero-order valence-corrected chi connectivity index (χ0v) is 11.5. The number of aromatic nitrogens is 1. The summed E-state index contributed by atoms with van der Waals surface area (Å²) in [5.74, 6) is -0.412. The van der Waals surface area contributed by atoms with E-state index in [4.69, 9.17) is 5.73 Å². The molecule has 0 saturated carbocycles. The Morgan fingerprint density at radius 3 is 2.60 bits per heavy atom. The zero-order valence-electron chi connectivity index (χ0n) is 11.5. The summed E-state index contributed by atoms with van der Waals surface area (Å²) in [5.41, 5.74) is 11.6. The van der Waals surface area contributed by atoms with E-state index in [1.54, 1.807) is 6.07 Å². The maximum Gasteiger partial charge on any atom is 0.250 e. The fourth-order valence-electron chi connectivity index (χ4n) is 2.64. The van der Waals surface area contributed by atoms with Crippen molar-refractivity contribution in [1.29, 1.82) is 0 Å². The molecule has 3 nitrogen and oxygen atoms in total. The van der Waals surface area contributed by atoms with Gasteiger partial charge in [-0.25, -0.2) is 0 Å². The molecular weight excluding hydrogens is 248 g/mol. The third-order valence-corrected chi connectivity index (χ3v) is 3.88. The van der Waals surface area contributed by atoms with Crippen molar-refractivity contribution in [2.45, 2.75) is 13.8 Å². The molecule has 20 heavy (non-hydrogen) atoms. The number of fused-ring (bicyclic) bond motifs is 1. The number of carbonyl (C=O) groups is 1. The Bertz CT molecular complexity index is 815. The molecule has 3 N–H and O–H groups in total. The first-order valence-electron chi connectivity index (χ1n) is 6.56. The minimum absolute atomic E-state index is 0.412. The topological polar surface area (TPSA) is 58.9 Å². The van der Waals surface area contributed by atoms with Crippen molar-refractivity contribution in [3.05, 3.63) is 59.3 Å². The Morgan fingerprint density at radius 2 is 1.85 bits per heavy atom. The predicted octanol–water partition coefficient (Wildman–Crippen LogP) is 3.55. The molecule has 1 aromatic heterocycles. The highest BCUT2D eigenvalue weighted by molar-refractivity contribution is 6.09. The highest BCUT2D eigenvalue weighted by atomic mass is 16.1. The maximum atomic E-state index is 11.5. The largest absolute Gasteiger partial charge is 0.366 e. The van der Waals surface area contributed by atoms with Gasteiger partial charge in [-0.2, -0.15) is 0 Å². The van der Waals surface area contributed by atoms with Crippen molar-refractivity contribution in [3.63, 3.8) is 0 Å². The van der Waals surface area contributed by atoms with Gasteiger partial charge in [-0.3, -0.25) is 4.79 Å². The second-order valence-corrected chi connectivity index (χ2v) is 5.04. The van der Waals surface area contributed by atoms with Gasteiger partial charge in [0.25, 0.3) is 5.91 Å². The Kier molecular flexibility index (Phi) is 2.83. The van der Waals surface area contributed by atoms with Crippen LogP contribution in [0.5, 0.6) is 0 Å². The fraction of sp³-hybridized carbons (Fsp3) is 0.118. The summed E-state index contributed by atoms with van der Waals surface area (Å²) < 4.78 is 0. The molecular formula is C17H16N2O. The number of nitrogens with one attached hydrogen (secondary N) is 1. The van der Waals surface area contributed by atoms with E-state index in [2.05, 4.69) is 37.0 Å². The highest BCUT2D eigenvalue weighted by Gasteiger charge is 2.13. The third-order valence-electron chi connectivity index (χ3n) is 3.88. The van der Waals surface area contributed by atoms with Crippen molar-refractivity contribution in [3.8, 4) is 11.1 Å². The molecule has 3 heteroatoms. The number of hydrogen-bond acceptors (Lipinski definition) is 1. The summed E-state index contributed by atoms with van der Waals surface area (Å²) in [6.07, 6.45) is 1.84. The summed E-state index contributed by atoms with van der Waals surface area (Å²) in [6.45, 7) is 4.22. The van der Waals surface area contributed by atoms with E-state index in [1.165, 1.54) is 16.7 Å². The average Bonchev–Trinajstić information content (AvgIpc) is 2.90. The van der Waals surface area contributed by atoms with Crippen LogP contribution < -0.4 is 5.73 Å². The Morgan fingerprint density at radius 1 is 1.05 bits per heavy atom. The number of amides is 1. The normalized spacial score (nSPS) is 10.9. The second-order valence-electron chi connectivity index (χ2n) is 5.04. The second kappa shape index (κ2) is 4.53. The summed E-state index contributed by atoms with van der Waals surface area (Å²) >= 11 is 0. The molecule has 0 saturated heterocycles. The molecule has 0 aliphatic carbocycles. The van der Waals surface area contributed by atoms with E-state index in [0.29, 0.717) is 5.56 Å². The lowest BCUT2D eigenvalue weighted by Crippen LogP contribution is -2.11. The first kappa shape index (κ1) is 12.5. The van der Waals surface area contributed by atoms with Gasteiger partial charge in [0, 0.05) is 11.6 Å². The molecule has 0 spiro atoms. The van der Waals surface area contributed by atoms with Crippen LogP contribution in [-0.4, -0.2) is 10.9 Å². The number of benzene rings is 2. The van der Waals surface area contributed by atoms with Crippen LogP contribution in [-0.2, 0) is 0 Å². The lowest BCUT2D eigenvalue weighted by molar-refractivity contribution is 0.100. The van der Waals surface area contributed by atoms with Gasteiger partial charge in [0.05, 0.1) is 11.1 Å². The third kappa shape index (κ3) is 1.79. The SMILES string of the molecule is Cc1cccc(-c2ccc(C(N)=O)c3[nH]ccc23)c1C. The van der Waals surface area contributed by atoms with Gasteiger partial charge in [-0.1, -0.05) is 24.3 Å². The molecule has 1 amide bonds. The first-order chi connectivity index (χ1) is 9.59. The quantitative estimate of drug-likeness (QED) is 0.730.